The fourth-order valence-electron chi connectivity index (χ4n) is 3.72. The van der Waals surface area contributed by atoms with E-state index in [2.05, 4.69) is 25.8 Å². The van der Waals surface area contributed by atoms with Crippen LogP contribution in [0.25, 0.3) is 10.3 Å². The third-order valence-corrected chi connectivity index (χ3v) is 9.06. The minimum Gasteiger partial charge on any atom is -0.490 e. The fraction of sp³-hybridized carbons (Fsp3) is 0.417. The lowest BCUT2D eigenvalue weighted by Gasteiger charge is -2.10. The smallest absolute Gasteiger partial charge is 0.280 e. The molecule has 2 aliphatic rings. The molecule has 2 fully saturated rings. The summed E-state index contributed by atoms with van der Waals surface area (Å²) in [6, 6.07) is 7.86. The van der Waals surface area contributed by atoms with E-state index in [0.717, 1.165) is 0 Å². The van der Waals surface area contributed by atoms with Crippen LogP contribution in [-0.4, -0.2) is 74.8 Å². The molecule has 1 saturated heterocycles. The second-order valence-electron chi connectivity index (χ2n) is 8.69. The van der Waals surface area contributed by atoms with Crippen LogP contribution in [0.4, 0.5) is 5.13 Å². The average molecular weight is 546 g/mol. The molecular weight excluding hydrogens is 518 g/mol. The van der Waals surface area contributed by atoms with Crippen molar-refractivity contribution in [2.75, 3.05) is 38.7 Å². The Bertz CT molecular complexity index is 1400. The van der Waals surface area contributed by atoms with Crippen LogP contribution in [-0.2, 0) is 24.2 Å². The molecule has 5 rings (SSSR count). The van der Waals surface area contributed by atoms with Gasteiger partial charge in [-0.1, -0.05) is 28.6 Å². The van der Waals surface area contributed by atoms with E-state index < -0.39 is 15.7 Å². The maximum absolute atomic E-state index is 13.3. The van der Waals surface area contributed by atoms with Gasteiger partial charge in [0, 0.05) is 30.8 Å². The molecule has 0 unspecified atom stereocenters. The molecule has 11 nitrogen and oxygen atoms in total. The number of hydrogen-bond donors (Lipinski definition) is 2. The zero-order valence-electron chi connectivity index (χ0n) is 20.2. The zero-order valence-corrected chi connectivity index (χ0v) is 21.8. The first-order valence-electron chi connectivity index (χ1n) is 12.0. The molecule has 13 heteroatoms. The predicted molar refractivity (Wildman–Crippen MR) is 139 cm³/mol. The van der Waals surface area contributed by atoms with E-state index in [1.165, 1.54) is 23.5 Å². The molecule has 1 aliphatic heterocycles. The van der Waals surface area contributed by atoms with Crippen molar-refractivity contribution in [3.63, 3.8) is 0 Å². The zero-order chi connectivity index (χ0) is 25.8. The Morgan fingerprint density at radius 3 is 2.73 bits per heavy atom. The van der Waals surface area contributed by atoms with Gasteiger partial charge in [-0.05, 0) is 32.0 Å². The summed E-state index contributed by atoms with van der Waals surface area (Å²) >= 11 is 1.21. The number of nitrogens with zero attached hydrogens (tertiary/aromatic N) is 3. The SMILES string of the molecule is CNCCOc1ccnc2sc(NC(=O)/C(=N/O[C@@H]3CCOC3)c3ccc(S(=O)(=O)C4CC4)cc3)nc12. The van der Waals surface area contributed by atoms with E-state index >= 15 is 0 Å². The minimum absolute atomic E-state index is 0.0000196. The first kappa shape index (κ1) is 25.5. The molecule has 0 bridgehead atoms. The molecule has 0 spiro atoms. The lowest BCUT2D eigenvalue weighted by Crippen LogP contribution is -2.25. The van der Waals surface area contributed by atoms with Gasteiger partial charge in [0.15, 0.2) is 26.8 Å². The molecule has 1 saturated carbocycles. The van der Waals surface area contributed by atoms with Crippen molar-refractivity contribution in [3.05, 3.63) is 42.1 Å². The van der Waals surface area contributed by atoms with Crippen molar-refractivity contribution in [1.82, 2.24) is 15.3 Å². The number of anilines is 1. The van der Waals surface area contributed by atoms with Crippen LogP contribution < -0.4 is 15.4 Å². The normalized spacial score (nSPS) is 18.2. The van der Waals surface area contributed by atoms with Crippen molar-refractivity contribution in [2.45, 2.75) is 35.5 Å². The van der Waals surface area contributed by atoms with Crippen LogP contribution in [0.1, 0.15) is 24.8 Å². The van der Waals surface area contributed by atoms with Gasteiger partial charge >= 0.3 is 0 Å². The standard InChI is InChI=1S/C24H27N5O6S2/c1-25-11-13-34-19-8-10-26-23-21(19)27-24(36-23)28-22(30)20(29-35-16-9-12-33-14-16)15-2-4-17(5-3-15)37(31,32)18-6-7-18/h2-5,8,10,16,18,25H,6-7,9,11-14H2,1H3,(H,27,28,30)/b29-20+/t16-/m1/s1. The number of amides is 1. The summed E-state index contributed by atoms with van der Waals surface area (Å²) in [5.41, 5.74) is 0.966. The number of carbonyl (C=O) groups is 1. The highest BCUT2D eigenvalue weighted by Gasteiger charge is 2.36. The Balaban J connectivity index is 1.38. The first-order valence-corrected chi connectivity index (χ1v) is 14.3. The molecule has 196 valence electrons. The Morgan fingerprint density at radius 1 is 1.22 bits per heavy atom. The number of pyridine rings is 1. The molecule has 3 aromatic rings. The van der Waals surface area contributed by atoms with Crippen LogP contribution in [0, 0.1) is 0 Å². The summed E-state index contributed by atoms with van der Waals surface area (Å²) in [4.78, 5) is 28.6. The van der Waals surface area contributed by atoms with Gasteiger partial charge in [-0.15, -0.1) is 0 Å². The maximum Gasteiger partial charge on any atom is 0.280 e. The van der Waals surface area contributed by atoms with Gasteiger partial charge < -0.3 is 19.6 Å². The Kier molecular flexibility index (Phi) is 7.65. The summed E-state index contributed by atoms with van der Waals surface area (Å²) in [6.45, 7) is 2.08. The van der Waals surface area contributed by atoms with Gasteiger partial charge in [0.2, 0.25) is 0 Å². The molecular formula is C24H27N5O6S2. The molecule has 1 aromatic carbocycles. The topological polar surface area (TPSA) is 141 Å². The molecule has 2 N–H and O–H groups in total. The highest BCUT2D eigenvalue weighted by atomic mass is 32.2. The minimum atomic E-state index is -3.35. The number of nitrogens with one attached hydrogen (secondary N) is 2. The number of ether oxygens (including phenoxy) is 2. The molecule has 2 aromatic heterocycles. The van der Waals surface area contributed by atoms with Gasteiger partial charge in [0.1, 0.15) is 22.7 Å². The third kappa shape index (κ3) is 5.90. The van der Waals surface area contributed by atoms with E-state index in [4.69, 9.17) is 14.3 Å². The van der Waals surface area contributed by atoms with Crippen LogP contribution in [0.15, 0.2) is 46.6 Å². The van der Waals surface area contributed by atoms with Crippen LogP contribution in [0.3, 0.4) is 0 Å². The van der Waals surface area contributed by atoms with Crippen molar-refractivity contribution in [1.29, 1.82) is 0 Å². The first-order chi connectivity index (χ1) is 18.0. The lowest BCUT2D eigenvalue weighted by molar-refractivity contribution is -0.110. The molecule has 1 amide bonds. The monoisotopic (exact) mass is 545 g/mol. The van der Waals surface area contributed by atoms with Crippen LogP contribution in [0.2, 0.25) is 0 Å². The number of hydrogen-bond acceptors (Lipinski definition) is 11. The summed E-state index contributed by atoms with van der Waals surface area (Å²) in [6.07, 6.45) is 3.38. The molecule has 1 atom stereocenters. The Labute approximate surface area is 218 Å². The summed E-state index contributed by atoms with van der Waals surface area (Å²) in [7, 11) is -1.51. The molecule has 1 aliphatic carbocycles. The van der Waals surface area contributed by atoms with Gasteiger partial charge in [-0.2, -0.15) is 0 Å². The number of likely N-dealkylation sites (N-methyl/N-ethyl adjacent to an activating group) is 1. The van der Waals surface area contributed by atoms with Gasteiger partial charge in [-0.25, -0.2) is 18.4 Å². The highest BCUT2D eigenvalue weighted by Crippen LogP contribution is 2.34. The molecule has 3 heterocycles. The molecule has 37 heavy (non-hydrogen) atoms. The van der Waals surface area contributed by atoms with E-state index in [-0.39, 0.29) is 22.0 Å². The largest absolute Gasteiger partial charge is 0.490 e. The third-order valence-electron chi connectivity index (χ3n) is 5.91. The number of carbonyl (C=O) groups excluding carboxylic acids is 1. The van der Waals surface area contributed by atoms with Gasteiger partial charge in [0.25, 0.3) is 5.91 Å². The van der Waals surface area contributed by atoms with E-state index in [1.807, 2.05) is 7.05 Å². The lowest BCUT2D eigenvalue weighted by atomic mass is 10.1. The molecule has 0 radical (unpaired) electrons. The number of benzene rings is 1. The fourth-order valence-corrected chi connectivity index (χ4v) is 6.20. The van der Waals surface area contributed by atoms with Crippen molar-refractivity contribution >= 4 is 48.3 Å². The number of rotatable bonds is 11. The van der Waals surface area contributed by atoms with Crippen LogP contribution >= 0.6 is 11.3 Å². The Hall–Kier alpha value is -3.13. The number of oxime groups is 1. The number of sulfone groups is 1. The van der Waals surface area contributed by atoms with Crippen molar-refractivity contribution < 1.29 is 27.5 Å². The van der Waals surface area contributed by atoms with Crippen LogP contribution in [0.5, 0.6) is 5.75 Å². The van der Waals surface area contributed by atoms with E-state index in [9.17, 15) is 13.2 Å². The summed E-state index contributed by atoms with van der Waals surface area (Å²) < 4.78 is 36.2. The maximum atomic E-state index is 13.3. The highest BCUT2D eigenvalue weighted by molar-refractivity contribution is 7.92. The van der Waals surface area contributed by atoms with Gasteiger partial charge in [-0.3, -0.25) is 10.1 Å². The second-order valence-corrected chi connectivity index (χ2v) is 11.9. The number of aromatic nitrogens is 2. The second kappa shape index (κ2) is 11.1. The number of fused-ring (bicyclic) bond motifs is 1. The summed E-state index contributed by atoms with van der Waals surface area (Å²) in [5, 5.41) is 9.93. The summed E-state index contributed by atoms with van der Waals surface area (Å²) in [5.74, 6) is 0.0244. The predicted octanol–water partition coefficient (Wildman–Crippen LogP) is 2.37. The van der Waals surface area contributed by atoms with Crippen molar-refractivity contribution in [2.24, 2.45) is 5.16 Å². The average Bonchev–Trinajstić information content (AvgIpc) is 3.49. The van der Waals surface area contributed by atoms with Crippen molar-refractivity contribution in [3.8, 4) is 5.75 Å². The Morgan fingerprint density at radius 2 is 2.03 bits per heavy atom. The quantitative estimate of drug-likeness (QED) is 0.211. The number of thiazole rings is 1. The van der Waals surface area contributed by atoms with Gasteiger partial charge in [0.05, 0.1) is 23.4 Å². The van der Waals surface area contributed by atoms with E-state index in [1.54, 1.807) is 24.4 Å². The van der Waals surface area contributed by atoms with E-state index in [0.29, 0.717) is 72.4 Å².